The monoisotopic (exact) mass is 356 g/mol. The van der Waals surface area contributed by atoms with Crippen molar-refractivity contribution in [2.24, 2.45) is 0 Å². The third kappa shape index (κ3) is 4.16. The highest BCUT2D eigenvalue weighted by Gasteiger charge is 2.10. The molecule has 1 amide bonds. The molecule has 7 heteroatoms. The van der Waals surface area contributed by atoms with Gasteiger partial charge in [-0.15, -0.1) is 0 Å². The first-order valence-electron chi connectivity index (χ1n) is 7.76. The Bertz CT molecular complexity index is 865. The standard InChI is InChI=1S/C18H17ClN4O2/c1-25-15-8-7-13(11-14(15)19)18(24)20-10-9-16-21-17(23-22-16)12-5-3-2-4-6-12/h2-8,11H,9-10H2,1H3,(H,20,24)(H,21,22,23). The molecule has 3 rings (SSSR count). The van der Waals surface area contributed by atoms with Gasteiger partial charge < -0.3 is 10.1 Å². The Balaban J connectivity index is 1.55. The number of nitrogens with one attached hydrogen (secondary N) is 2. The second-order valence-electron chi connectivity index (χ2n) is 5.33. The minimum Gasteiger partial charge on any atom is -0.495 e. The molecule has 0 aliphatic rings. The molecule has 128 valence electrons. The lowest BCUT2D eigenvalue weighted by atomic mass is 10.2. The molecule has 0 bridgehead atoms. The van der Waals surface area contributed by atoms with Crippen molar-refractivity contribution in [3.8, 4) is 17.1 Å². The van der Waals surface area contributed by atoms with E-state index < -0.39 is 0 Å². The minimum atomic E-state index is -0.202. The van der Waals surface area contributed by atoms with Crippen LogP contribution in [0, 0.1) is 0 Å². The van der Waals surface area contributed by atoms with Crippen LogP contribution in [0.1, 0.15) is 16.2 Å². The third-order valence-corrected chi connectivity index (χ3v) is 3.92. The SMILES string of the molecule is COc1ccc(C(=O)NCCc2nc(-c3ccccc3)n[nH]2)cc1Cl. The summed E-state index contributed by atoms with van der Waals surface area (Å²) in [6.07, 6.45) is 0.551. The molecule has 3 aromatic rings. The molecular formula is C18H17ClN4O2. The van der Waals surface area contributed by atoms with Crippen LogP contribution in [-0.4, -0.2) is 34.7 Å². The lowest BCUT2D eigenvalue weighted by Gasteiger charge is -2.07. The lowest BCUT2D eigenvalue weighted by Crippen LogP contribution is -2.25. The summed E-state index contributed by atoms with van der Waals surface area (Å²) in [6.45, 7) is 0.436. The van der Waals surface area contributed by atoms with Gasteiger partial charge in [-0.3, -0.25) is 9.89 Å². The number of methoxy groups -OCH3 is 1. The molecule has 6 nitrogen and oxygen atoms in total. The summed E-state index contributed by atoms with van der Waals surface area (Å²) in [5.41, 5.74) is 1.43. The van der Waals surface area contributed by atoms with Gasteiger partial charge in [-0.25, -0.2) is 4.98 Å². The molecule has 2 N–H and O–H groups in total. The van der Waals surface area contributed by atoms with Gasteiger partial charge in [-0.1, -0.05) is 41.9 Å². The fraction of sp³-hybridized carbons (Fsp3) is 0.167. The van der Waals surface area contributed by atoms with Crippen LogP contribution in [0.2, 0.25) is 5.02 Å². The predicted octanol–water partition coefficient (Wildman–Crippen LogP) is 3.11. The Hall–Kier alpha value is -2.86. The van der Waals surface area contributed by atoms with Gasteiger partial charge in [0.1, 0.15) is 11.6 Å². The van der Waals surface area contributed by atoms with E-state index in [0.29, 0.717) is 40.9 Å². The molecule has 0 aliphatic heterocycles. The number of carbonyl (C=O) groups excluding carboxylic acids is 1. The Morgan fingerprint density at radius 3 is 2.76 bits per heavy atom. The highest BCUT2D eigenvalue weighted by Crippen LogP contribution is 2.24. The van der Waals surface area contributed by atoms with Crippen molar-refractivity contribution in [2.45, 2.75) is 6.42 Å². The van der Waals surface area contributed by atoms with Crippen molar-refractivity contribution >= 4 is 17.5 Å². The third-order valence-electron chi connectivity index (χ3n) is 3.63. The summed E-state index contributed by atoms with van der Waals surface area (Å²) in [5.74, 6) is 1.69. The molecular weight excluding hydrogens is 340 g/mol. The second kappa shape index (κ2) is 7.81. The summed E-state index contributed by atoms with van der Waals surface area (Å²) < 4.78 is 5.07. The van der Waals surface area contributed by atoms with E-state index in [1.54, 1.807) is 18.2 Å². The summed E-state index contributed by atoms with van der Waals surface area (Å²) >= 11 is 6.04. The Kier molecular flexibility index (Phi) is 5.30. The molecule has 0 saturated carbocycles. The Morgan fingerprint density at radius 2 is 2.04 bits per heavy atom. The Morgan fingerprint density at radius 1 is 1.24 bits per heavy atom. The molecule has 0 saturated heterocycles. The molecule has 1 aromatic heterocycles. The summed E-state index contributed by atoms with van der Waals surface area (Å²) in [7, 11) is 1.53. The zero-order chi connectivity index (χ0) is 17.6. The highest BCUT2D eigenvalue weighted by atomic mass is 35.5. The number of halogens is 1. The van der Waals surface area contributed by atoms with Gasteiger partial charge in [-0.05, 0) is 18.2 Å². The van der Waals surface area contributed by atoms with E-state index >= 15 is 0 Å². The van der Waals surface area contributed by atoms with Crippen LogP contribution in [0.15, 0.2) is 48.5 Å². The van der Waals surface area contributed by atoms with Crippen LogP contribution in [0.3, 0.4) is 0 Å². The normalized spacial score (nSPS) is 10.5. The summed E-state index contributed by atoms with van der Waals surface area (Å²) in [6, 6.07) is 14.6. The van der Waals surface area contributed by atoms with Gasteiger partial charge in [0.15, 0.2) is 5.82 Å². The minimum absolute atomic E-state index is 0.202. The first-order valence-corrected chi connectivity index (χ1v) is 8.13. The highest BCUT2D eigenvalue weighted by molar-refractivity contribution is 6.32. The molecule has 1 heterocycles. The number of nitrogens with zero attached hydrogens (tertiary/aromatic N) is 2. The first-order chi connectivity index (χ1) is 12.2. The fourth-order valence-electron chi connectivity index (χ4n) is 2.33. The van der Waals surface area contributed by atoms with E-state index in [-0.39, 0.29) is 5.91 Å². The van der Waals surface area contributed by atoms with Crippen LogP contribution in [0.5, 0.6) is 5.75 Å². The molecule has 0 fully saturated rings. The van der Waals surface area contributed by atoms with E-state index in [9.17, 15) is 4.79 Å². The van der Waals surface area contributed by atoms with Crippen LogP contribution >= 0.6 is 11.6 Å². The van der Waals surface area contributed by atoms with E-state index in [1.165, 1.54) is 7.11 Å². The van der Waals surface area contributed by atoms with Crippen LogP contribution in [0.25, 0.3) is 11.4 Å². The molecule has 2 aromatic carbocycles. The lowest BCUT2D eigenvalue weighted by molar-refractivity contribution is 0.0954. The maximum atomic E-state index is 12.2. The maximum absolute atomic E-state index is 12.2. The largest absolute Gasteiger partial charge is 0.495 e. The molecule has 0 atom stereocenters. The average molecular weight is 357 g/mol. The van der Waals surface area contributed by atoms with E-state index in [0.717, 1.165) is 5.56 Å². The number of hydrogen-bond acceptors (Lipinski definition) is 4. The first kappa shape index (κ1) is 17.0. The molecule has 0 spiro atoms. The van der Waals surface area contributed by atoms with Crippen molar-refractivity contribution in [2.75, 3.05) is 13.7 Å². The number of carbonyl (C=O) groups is 1. The fourth-order valence-corrected chi connectivity index (χ4v) is 2.59. The smallest absolute Gasteiger partial charge is 0.251 e. The second-order valence-corrected chi connectivity index (χ2v) is 5.73. The Labute approximate surface area is 150 Å². The number of rotatable bonds is 6. The number of benzene rings is 2. The van der Waals surface area contributed by atoms with Crippen LogP contribution < -0.4 is 10.1 Å². The number of aromatic nitrogens is 3. The van der Waals surface area contributed by atoms with Gasteiger partial charge in [-0.2, -0.15) is 5.10 Å². The predicted molar refractivity (Wildman–Crippen MR) is 95.9 cm³/mol. The zero-order valence-corrected chi connectivity index (χ0v) is 14.4. The number of amides is 1. The van der Waals surface area contributed by atoms with Gasteiger partial charge in [0.25, 0.3) is 5.91 Å². The quantitative estimate of drug-likeness (QED) is 0.711. The maximum Gasteiger partial charge on any atom is 0.251 e. The summed E-state index contributed by atoms with van der Waals surface area (Å²) in [4.78, 5) is 16.6. The van der Waals surface area contributed by atoms with Crippen molar-refractivity contribution in [3.63, 3.8) is 0 Å². The molecule has 0 unspecified atom stereocenters. The molecule has 0 radical (unpaired) electrons. The van der Waals surface area contributed by atoms with Gasteiger partial charge >= 0.3 is 0 Å². The number of ether oxygens (including phenoxy) is 1. The zero-order valence-electron chi connectivity index (χ0n) is 13.6. The van der Waals surface area contributed by atoms with Gasteiger partial charge in [0.05, 0.1) is 12.1 Å². The van der Waals surface area contributed by atoms with Crippen LogP contribution in [-0.2, 0) is 6.42 Å². The number of H-pyrrole nitrogens is 1. The van der Waals surface area contributed by atoms with E-state index in [2.05, 4.69) is 20.5 Å². The van der Waals surface area contributed by atoms with E-state index in [1.807, 2.05) is 30.3 Å². The van der Waals surface area contributed by atoms with Gasteiger partial charge in [0, 0.05) is 24.1 Å². The average Bonchev–Trinajstić information content (AvgIpc) is 3.11. The topological polar surface area (TPSA) is 79.9 Å². The van der Waals surface area contributed by atoms with Crippen molar-refractivity contribution in [1.82, 2.24) is 20.5 Å². The van der Waals surface area contributed by atoms with Crippen molar-refractivity contribution in [3.05, 3.63) is 64.9 Å². The molecule has 25 heavy (non-hydrogen) atoms. The number of hydrogen-bond donors (Lipinski definition) is 2. The van der Waals surface area contributed by atoms with Crippen LogP contribution in [0.4, 0.5) is 0 Å². The molecule has 0 aliphatic carbocycles. The van der Waals surface area contributed by atoms with E-state index in [4.69, 9.17) is 16.3 Å². The summed E-state index contributed by atoms with van der Waals surface area (Å²) in [5, 5.41) is 10.3. The van der Waals surface area contributed by atoms with Crippen molar-refractivity contribution < 1.29 is 9.53 Å². The van der Waals surface area contributed by atoms with Crippen molar-refractivity contribution in [1.29, 1.82) is 0 Å². The van der Waals surface area contributed by atoms with Gasteiger partial charge in [0.2, 0.25) is 0 Å². The number of aromatic amines is 1.